The highest BCUT2D eigenvalue weighted by Gasteiger charge is 2.15. The number of rotatable bonds is 8. The van der Waals surface area contributed by atoms with Crippen molar-refractivity contribution in [3.8, 4) is 0 Å². The molecule has 3 aromatic rings. The fourth-order valence-electron chi connectivity index (χ4n) is 3.21. The first kappa shape index (κ1) is 22.6. The first-order chi connectivity index (χ1) is 14.9. The van der Waals surface area contributed by atoms with Crippen molar-refractivity contribution in [1.82, 2.24) is 20.1 Å². The van der Waals surface area contributed by atoms with Crippen LogP contribution in [0.25, 0.3) is 0 Å². The van der Waals surface area contributed by atoms with E-state index in [1.54, 1.807) is 10.6 Å². The van der Waals surface area contributed by atoms with E-state index in [-0.39, 0.29) is 24.1 Å². The number of benzene rings is 2. The molecule has 0 saturated heterocycles. The van der Waals surface area contributed by atoms with Crippen LogP contribution in [-0.4, -0.2) is 32.3 Å². The molecule has 2 amide bonds. The Bertz CT molecular complexity index is 1090. The highest BCUT2D eigenvalue weighted by Crippen LogP contribution is 2.22. The van der Waals surface area contributed by atoms with Gasteiger partial charge in [-0.25, -0.2) is 0 Å². The van der Waals surface area contributed by atoms with E-state index in [2.05, 4.69) is 27.8 Å². The molecular formula is C23H27N5O2S. The number of anilines is 1. The Labute approximate surface area is 186 Å². The molecule has 0 unspecified atom stereocenters. The maximum Gasteiger partial charge on any atom is 0.251 e. The molecule has 0 saturated carbocycles. The molecule has 7 nitrogen and oxygen atoms in total. The monoisotopic (exact) mass is 437 g/mol. The zero-order valence-corrected chi connectivity index (χ0v) is 19.0. The van der Waals surface area contributed by atoms with Crippen LogP contribution in [0.5, 0.6) is 0 Å². The summed E-state index contributed by atoms with van der Waals surface area (Å²) in [5.41, 5.74) is 4.60. The lowest BCUT2D eigenvalue weighted by Crippen LogP contribution is -2.25. The predicted octanol–water partition coefficient (Wildman–Crippen LogP) is 3.66. The zero-order chi connectivity index (χ0) is 22.4. The van der Waals surface area contributed by atoms with E-state index in [0.717, 1.165) is 28.8 Å². The largest absolute Gasteiger partial charge is 0.345 e. The molecule has 31 heavy (non-hydrogen) atoms. The maximum atomic E-state index is 12.5. The molecule has 0 atom stereocenters. The highest BCUT2D eigenvalue weighted by atomic mass is 32.2. The molecule has 0 aliphatic carbocycles. The minimum Gasteiger partial charge on any atom is -0.345 e. The average molecular weight is 438 g/mol. The summed E-state index contributed by atoms with van der Waals surface area (Å²) in [6.45, 7) is 6.21. The van der Waals surface area contributed by atoms with Gasteiger partial charge in [0, 0.05) is 18.3 Å². The topological polar surface area (TPSA) is 88.9 Å². The van der Waals surface area contributed by atoms with Crippen molar-refractivity contribution < 1.29 is 9.59 Å². The number of carbonyl (C=O) groups is 2. The van der Waals surface area contributed by atoms with E-state index < -0.39 is 0 Å². The second kappa shape index (κ2) is 10.3. The number of thioether (sulfide) groups is 1. The Kier molecular flexibility index (Phi) is 7.46. The van der Waals surface area contributed by atoms with Gasteiger partial charge in [-0.05, 0) is 43.0 Å². The zero-order valence-electron chi connectivity index (χ0n) is 18.2. The van der Waals surface area contributed by atoms with Crippen LogP contribution in [0.3, 0.4) is 0 Å². The summed E-state index contributed by atoms with van der Waals surface area (Å²) in [4.78, 5) is 24.9. The number of hydrogen-bond acceptors (Lipinski definition) is 5. The van der Waals surface area contributed by atoms with E-state index in [4.69, 9.17) is 0 Å². The van der Waals surface area contributed by atoms with Crippen LogP contribution in [0, 0.1) is 13.8 Å². The van der Waals surface area contributed by atoms with Crippen LogP contribution in [-0.2, 0) is 24.8 Å². The molecule has 0 aliphatic rings. The average Bonchev–Trinajstić information content (AvgIpc) is 3.11. The van der Waals surface area contributed by atoms with E-state index in [9.17, 15) is 9.59 Å². The van der Waals surface area contributed by atoms with Crippen molar-refractivity contribution >= 4 is 29.3 Å². The summed E-state index contributed by atoms with van der Waals surface area (Å²) in [6.07, 6.45) is 0.852. The van der Waals surface area contributed by atoms with Crippen molar-refractivity contribution in [2.75, 3.05) is 11.1 Å². The number of para-hydroxylation sites is 1. The summed E-state index contributed by atoms with van der Waals surface area (Å²) in [5, 5.41) is 14.8. The number of nitrogens with zero attached hydrogens (tertiary/aromatic N) is 3. The van der Waals surface area contributed by atoms with Crippen LogP contribution in [0.4, 0.5) is 5.69 Å². The molecule has 1 heterocycles. The predicted molar refractivity (Wildman–Crippen MR) is 123 cm³/mol. The van der Waals surface area contributed by atoms with E-state index in [1.165, 1.54) is 11.8 Å². The summed E-state index contributed by atoms with van der Waals surface area (Å²) in [5.74, 6) is 0.599. The SMILES string of the molecule is CCc1cccc(C)c1NC(=O)CSc1nnc(CNC(=O)c2ccccc2C)n1C. The normalized spacial score (nSPS) is 10.7. The van der Waals surface area contributed by atoms with Gasteiger partial charge in [-0.3, -0.25) is 9.59 Å². The lowest BCUT2D eigenvalue weighted by molar-refractivity contribution is -0.113. The third kappa shape index (κ3) is 5.52. The van der Waals surface area contributed by atoms with Gasteiger partial charge < -0.3 is 15.2 Å². The molecule has 3 rings (SSSR count). The molecular weight excluding hydrogens is 410 g/mol. The van der Waals surface area contributed by atoms with Crippen molar-refractivity contribution in [3.63, 3.8) is 0 Å². The third-order valence-corrected chi connectivity index (χ3v) is 6.08. The minimum atomic E-state index is -0.153. The van der Waals surface area contributed by atoms with Gasteiger partial charge in [0.25, 0.3) is 5.91 Å². The number of nitrogens with one attached hydrogen (secondary N) is 2. The van der Waals surface area contributed by atoms with Crippen LogP contribution >= 0.6 is 11.8 Å². The van der Waals surface area contributed by atoms with E-state index in [0.29, 0.717) is 16.5 Å². The van der Waals surface area contributed by atoms with Crippen LogP contribution in [0.1, 0.15) is 39.8 Å². The van der Waals surface area contributed by atoms with E-state index >= 15 is 0 Å². The summed E-state index contributed by atoms with van der Waals surface area (Å²) in [7, 11) is 1.83. The summed E-state index contributed by atoms with van der Waals surface area (Å²) in [6, 6.07) is 13.4. The van der Waals surface area contributed by atoms with Gasteiger partial charge in [0.15, 0.2) is 11.0 Å². The van der Waals surface area contributed by atoms with Gasteiger partial charge in [0.1, 0.15) is 0 Å². The molecule has 2 N–H and O–H groups in total. The number of carbonyl (C=O) groups excluding carboxylic acids is 2. The number of aryl methyl sites for hydroxylation is 3. The second-order valence-electron chi connectivity index (χ2n) is 7.25. The van der Waals surface area contributed by atoms with Crippen LogP contribution in [0.2, 0.25) is 0 Å². The number of amides is 2. The molecule has 0 aliphatic heterocycles. The Balaban J connectivity index is 1.56. The van der Waals surface area contributed by atoms with Gasteiger partial charge in [0.05, 0.1) is 12.3 Å². The molecule has 0 spiro atoms. The Morgan fingerprint density at radius 1 is 1.03 bits per heavy atom. The van der Waals surface area contributed by atoms with Gasteiger partial charge in [-0.1, -0.05) is 55.1 Å². The maximum absolute atomic E-state index is 12.5. The van der Waals surface area contributed by atoms with Gasteiger partial charge in [-0.15, -0.1) is 10.2 Å². The molecule has 1 aromatic heterocycles. The van der Waals surface area contributed by atoms with Gasteiger partial charge in [-0.2, -0.15) is 0 Å². The van der Waals surface area contributed by atoms with Crippen LogP contribution in [0.15, 0.2) is 47.6 Å². The molecule has 2 aromatic carbocycles. The Hall–Kier alpha value is -3.13. The summed E-state index contributed by atoms with van der Waals surface area (Å²) >= 11 is 1.31. The smallest absolute Gasteiger partial charge is 0.251 e. The molecule has 0 radical (unpaired) electrons. The Morgan fingerprint density at radius 2 is 1.77 bits per heavy atom. The fraction of sp³-hybridized carbons (Fsp3) is 0.304. The minimum absolute atomic E-state index is 0.0913. The molecule has 0 bridgehead atoms. The van der Waals surface area contributed by atoms with Crippen molar-refractivity contribution in [1.29, 1.82) is 0 Å². The standard InChI is InChI=1S/C23H27N5O2S/c1-5-17-11-8-10-16(3)21(17)25-20(29)14-31-23-27-26-19(28(23)4)13-24-22(30)18-12-7-6-9-15(18)2/h6-12H,5,13-14H2,1-4H3,(H,24,30)(H,25,29). The van der Waals surface area contributed by atoms with Crippen molar-refractivity contribution in [2.24, 2.45) is 7.05 Å². The number of aromatic nitrogens is 3. The lowest BCUT2D eigenvalue weighted by atomic mass is 10.1. The van der Waals surface area contributed by atoms with Gasteiger partial charge >= 0.3 is 0 Å². The highest BCUT2D eigenvalue weighted by molar-refractivity contribution is 7.99. The first-order valence-corrected chi connectivity index (χ1v) is 11.1. The first-order valence-electron chi connectivity index (χ1n) is 10.1. The third-order valence-electron chi connectivity index (χ3n) is 5.06. The summed E-state index contributed by atoms with van der Waals surface area (Å²) < 4.78 is 1.79. The fourth-order valence-corrected chi connectivity index (χ4v) is 3.94. The molecule has 0 fully saturated rings. The Morgan fingerprint density at radius 3 is 2.52 bits per heavy atom. The second-order valence-corrected chi connectivity index (χ2v) is 8.20. The molecule has 8 heteroatoms. The van der Waals surface area contributed by atoms with Gasteiger partial charge in [0.2, 0.25) is 5.91 Å². The molecule has 162 valence electrons. The van der Waals surface area contributed by atoms with Crippen LogP contribution < -0.4 is 10.6 Å². The lowest BCUT2D eigenvalue weighted by Gasteiger charge is -2.12. The quantitative estimate of drug-likeness (QED) is 0.525. The number of hydrogen-bond donors (Lipinski definition) is 2. The van der Waals surface area contributed by atoms with Crippen molar-refractivity contribution in [2.45, 2.75) is 38.9 Å². The van der Waals surface area contributed by atoms with E-state index in [1.807, 2.05) is 57.3 Å². The van der Waals surface area contributed by atoms with Crippen molar-refractivity contribution in [3.05, 3.63) is 70.5 Å².